The van der Waals surface area contributed by atoms with Crippen LogP contribution in [0.25, 0.3) is 0 Å². The van der Waals surface area contributed by atoms with Gasteiger partial charge in [0, 0.05) is 6.07 Å². The second-order valence-corrected chi connectivity index (χ2v) is 8.39. The zero-order chi connectivity index (χ0) is 21.7. The summed E-state index contributed by atoms with van der Waals surface area (Å²) in [5, 5.41) is 6.08. The molecule has 3 aliphatic rings. The molecule has 1 N–H and O–H groups in total. The highest BCUT2D eigenvalue weighted by Crippen LogP contribution is 2.56. The quantitative estimate of drug-likeness (QED) is 0.579. The van der Waals surface area contributed by atoms with Crippen molar-refractivity contribution in [3.8, 4) is 0 Å². The average molecular weight is 423 g/mol. The van der Waals surface area contributed by atoms with E-state index < -0.39 is 18.5 Å². The molecule has 2 bridgehead atoms. The summed E-state index contributed by atoms with van der Waals surface area (Å²) < 4.78 is 9.86. The molecule has 3 amide bonds. The van der Waals surface area contributed by atoms with Gasteiger partial charge in [-0.15, -0.1) is 0 Å². The molecule has 2 aliphatic carbocycles. The van der Waals surface area contributed by atoms with E-state index in [1.54, 1.807) is 25.1 Å². The number of hydrogen-bond acceptors (Lipinski definition) is 7. The molecule has 2 aromatic rings. The Labute approximate surface area is 177 Å². The maximum atomic E-state index is 12.9. The molecule has 1 saturated heterocycles. The van der Waals surface area contributed by atoms with Crippen LogP contribution in [0.5, 0.6) is 0 Å². The summed E-state index contributed by atoms with van der Waals surface area (Å²) in [5.74, 6) is -0.462. The number of rotatable bonds is 5. The van der Waals surface area contributed by atoms with Gasteiger partial charge in [0.15, 0.2) is 12.4 Å². The van der Waals surface area contributed by atoms with Crippen molar-refractivity contribution < 1.29 is 28.4 Å². The first kappa shape index (κ1) is 19.5. The van der Waals surface area contributed by atoms with Crippen molar-refractivity contribution in [2.75, 3.05) is 16.8 Å². The van der Waals surface area contributed by atoms with Crippen molar-refractivity contribution in [1.82, 2.24) is 5.16 Å². The molecule has 1 aromatic heterocycles. The predicted molar refractivity (Wildman–Crippen MR) is 107 cm³/mol. The zero-order valence-corrected chi connectivity index (χ0v) is 16.9. The van der Waals surface area contributed by atoms with Gasteiger partial charge < -0.3 is 14.6 Å². The van der Waals surface area contributed by atoms with Crippen LogP contribution in [-0.2, 0) is 19.1 Å². The van der Waals surface area contributed by atoms with Crippen molar-refractivity contribution in [3.05, 3.63) is 41.7 Å². The fraction of sp³-hybridized carbons (Fsp3) is 0.409. The molecule has 0 unspecified atom stereocenters. The number of aromatic nitrogens is 1. The number of amides is 3. The third-order valence-electron chi connectivity index (χ3n) is 6.52. The van der Waals surface area contributed by atoms with Crippen molar-refractivity contribution >= 4 is 35.2 Å². The minimum absolute atomic E-state index is 0.128. The number of esters is 1. The lowest BCUT2D eigenvalue weighted by Gasteiger charge is -2.19. The van der Waals surface area contributed by atoms with Gasteiger partial charge in [-0.2, -0.15) is 0 Å². The van der Waals surface area contributed by atoms with Gasteiger partial charge in [-0.3, -0.25) is 19.3 Å². The lowest BCUT2D eigenvalue weighted by Crippen LogP contribution is -2.32. The molecule has 9 nitrogen and oxygen atoms in total. The van der Waals surface area contributed by atoms with Crippen LogP contribution in [0, 0.1) is 30.6 Å². The summed E-state index contributed by atoms with van der Waals surface area (Å²) in [7, 11) is 0. The van der Waals surface area contributed by atoms with Crippen molar-refractivity contribution in [2.24, 2.45) is 23.7 Å². The number of nitrogens with one attached hydrogen (secondary N) is 1. The Morgan fingerprint density at radius 2 is 1.77 bits per heavy atom. The smallest absolute Gasteiger partial charge is 0.338 e. The largest absolute Gasteiger partial charge is 0.452 e. The van der Waals surface area contributed by atoms with Crippen LogP contribution in [0.4, 0.5) is 11.5 Å². The van der Waals surface area contributed by atoms with Gasteiger partial charge in [0.1, 0.15) is 5.76 Å². The second kappa shape index (κ2) is 7.33. The number of benzene rings is 1. The van der Waals surface area contributed by atoms with Gasteiger partial charge in [0.25, 0.3) is 5.91 Å². The zero-order valence-electron chi connectivity index (χ0n) is 16.9. The Hall–Kier alpha value is -3.49. The lowest BCUT2D eigenvalue weighted by molar-refractivity contribution is -0.123. The maximum absolute atomic E-state index is 12.9. The van der Waals surface area contributed by atoms with Crippen molar-refractivity contribution in [1.29, 1.82) is 0 Å². The highest BCUT2D eigenvalue weighted by Gasteiger charge is 2.61. The number of carbonyl (C=O) groups excluding carboxylic acids is 4. The Kier molecular flexibility index (Phi) is 4.60. The first-order valence-corrected chi connectivity index (χ1v) is 10.3. The maximum Gasteiger partial charge on any atom is 0.338 e. The average Bonchev–Trinajstić information content (AvgIpc) is 3.52. The minimum atomic E-state index is -0.688. The molecule has 9 heteroatoms. The van der Waals surface area contributed by atoms with Gasteiger partial charge >= 0.3 is 5.97 Å². The Morgan fingerprint density at radius 3 is 2.35 bits per heavy atom. The van der Waals surface area contributed by atoms with E-state index in [0.29, 0.717) is 23.3 Å². The first-order valence-electron chi connectivity index (χ1n) is 10.3. The standard InChI is InChI=1S/C22H21N3O6/c1-11-8-16(24-31-11)23-17(26)10-30-22(29)12-4-6-15(7-5-12)25-20(27)18-13-2-3-14(9-13)19(18)21(25)28/h4-8,13-14,18-19H,2-3,9-10H2,1H3,(H,23,24,26)/t13-,14-,18-,19+/m0/s1. The highest BCUT2D eigenvalue weighted by molar-refractivity contribution is 6.22. The molecule has 0 spiro atoms. The number of aryl methyl sites for hydroxylation is 1. The van der Waals surface area contributed by atoms with Crippen molar-refractivity contribution in [2.45, 2.75) is 26.2 Å². The molecule has 31 heavy (non-hydrogen) atoms. The number of fused-ring (bicyclic) bond motifs is 5. The number of imide groups is 1. The minimum Gasteiger partial charge on any atom is -0.452 e. The van der Waals surface area contributed by atoms with E-state index in [0.717, 1.165) is 19.3 Å². The predicted octanol–water partition coefficient (Wildman–Crippen LogP) is 2.31. The summed E-state index contributed by atoms with van der Waals surface area (Å²) in [5.41, 5.74) is 0.674. The monoisotopic (exact) mass is 423 g/mol. The SMILES string of the molecule is Cc1cc(NC(=O)COC(=O)c2ccc(N3C(=O)[C@@H]4[C@H]5CC[C@@H](C5)[C@@H]4C3=O)cc2)no1. The van der Waals surface area contributed by atoms with Crippen molar-refractivity contribution in [3.63, 3.8) is 0 Å². The van der Waals surface area contributed by atoms with Crippen LogP contribution >= 0.6 is 0 Å². The van der Waals surface area contributed by atoms with E-state index in [1.807, 2.05) is 0 Å². The number of hydrogen-bond donors (Lipinski definition) is 1. The van der Waals surface area contributed by atoms with E-state index in [1.165, 1.54) is 17.0 Å². The topological polar surface area (TPSA) is 119 Å². The van der Waals surface area contributed by atoms with Gasteiger partial charge in [-0.1, -0.05) is 5.16 Å². The fourth-order valence-corrected chi connectivity index (χ4v) is 5.23. The molecule has 1 aliphatic heterocycles. The van der Waals surface area contributed by atoms with Gasteiger partial charge in [0.2, 0.25) is 11.8 Å². The molecule has 3 fully saturated rings. The number of nitrogens with zero attached hydrogens (tertiary/aromatic N) is 2. The van der Waals surface area contributed by atoms with Crippen LogP contribution in [0.3, 0.4) is 0 Å². The van der Waals surface area contributed by atoms with Gasteiger partial charge in [-0.05, 0) is 62.3 Å². The third-order valence-corrected chi connectivity index (χ3v) is 6.52. The van der Waals surface area contributed by atoms with Gasteiger partial charge in [0.05, 0.1) is 23.1 Å². The molecule has 2 heterocycles. The van der Waals surface area contributed by atoms with E-state index in [-0.39, 0.29) is 35.0 Å². The summed E-state index contributed by atoms with van der Waals surface area (Å²) in [6.45, 7) is 1.20. The first-order chi connectivity index (χ1) is 14.9. The van der Waals surface area contributed by atoms with Crippen LogP contribution < -0.4 is 10.2 Å². The number of carbonyl (C=O) groups is 4. The van der Waals surface area contributed by atoms with E-state index in [2.05, 4.69) is 10.5 Å². The van der Waals surface area contributed by atoms with Crippen LogP contribution in [0.2, 0.25) is 0 Å². The van der Waals surface area contributed by atoms with E-state index in [9.17, 15) is 19.2 Å². The van der Waals surface area contributed by atoms with Crippen LogP contribution in [0.1, 0.15) is 35.4 Å². The normalized spacial score (nSPS) is 26.3. The summed E-state index contributed by atoms with van der Waals surface area (Å²) in [6, 6.07) is 7.64. The molecular weight excluding hydrogens is 402 g/mol. The molecule has 1 aromatic carbocycles. The molecule has 160 valence electrons. The lowest BCUT2D eigenvalue weighted by atomic mass is 9.81. The van der Waals surface area contributed by atoms with E-state index >= 15 is 0 Å². The highest BCUT2D eigenvalue weighted by atomic mass is 16.5. The van der Waals surface area contributed by atoms with E-state index in [4.69, 9.17) is 9.26 Å². The van der Waals surface area contributed by atoms with Gasteiger partial charge in [-0.25, -0.2) is 4.79 Å². The summed E-state index contributed by atoms with van der Waals surface area (Å²) in [6.07, 6.45) is 3.02. The second-order valence-electron chi connectivity index (χ2n) is 8.39. The molecular formula is C22H21N3O6. The molecule has 4 atom stereocenters. The third kappa shape index (κ3) is 3.30. The molecule has 5 rings (SSSR count). The number of anilines is 2. The molecule has 0 radical (unpaired) electrons. The Morgan fingerprint density at radius 1 is 1.13 bits per heavy atom. The molecule has 2 saturated carbocycles. The van der Waals surface area contributed by atoms with Crippen LogP contribution in [-0.4, -0.2) is 35.5 Å². The Balaban J connectivity index is 1.21. The summed E-state index contributed by atoms with van der Waals surface area (Å²) >= 11 is 0. The summed E-state index contributed by atoms with van der Waals surface area (Å²) in [4.78, 5) is 51.1. The van der Waals surface area contributed by atoms with Crippen LogP contribution in [0.15, 0.2) is 34.9 Å². The fourth-order valence-electron chi connectivity index (χ4n) is 5.23. The Bertz CT molecular complexity index is 1050. The number of ether oxygens (including phenoxy) is 1.